The summed E-state index contributed by atoms with van der Waals surface area (Å²) in [6.07, 6.45) is 0.0415. The Morgan fingerprint density at radius 1 is 1.00 bits per heavy atom. The van der Waals surface area contributed by atoms with Crippen molar-refractivity contribution in [3.63, 3.8) is 0 Å². The molecule has 1 aliphatic heterocycles. The fourth-order valence-corrected chi connectivity index (χ4v) is 2.02. The molecule has 1 saturated heterocycles. The summed E-state index contributed by atoms with van der Waals surface area (Å²) in [7, 11) is 0. The van der Waals surface area contributed by atoms with Gasteiger partial charge in [0.05, 0.1) is 5.56 Å². The second-order valence-corrected chi connectivity index (χ2v) is 4.47. The minimum atomic E-state index is -0.303. The van der Waals surface area contributed by atoms with Crippen LogP contribution in [0.5, 0.6) is 0 Å². The molecule has 0 aliphatic carbocycles. The molecule has 2 unspecified atom stereocenters. The van der Waals surface area contributed by atoms with Crippen LogP contribution in [0.15, 0.2) is 60.7 Å². The summed E-state index contributed by atoms with van der Waals surface area (Å²) < 4.78 is 10.8. The fourth-order valence-electron chi connectivity index (χ4n) is 2.02. The highest BCUT2D eigenvalue weighted by Gasteiger charge is 2.41. The van der Waals surface area contributed by atoms with Crippen molar-refractivity contribution in [2.45, 2.75) is 12.2 Å². The van der Waals surface area contributed by atoms with E-state index in [1.54, 1.807) is 12.1 Å². The maximum atomic E-state index is 11.7. The van der Waals surface area contributed by atoms with E-state index in [1.807, 2.05) is 48.5 Å². The summed E-state index contributed by atoms with van der Waals surface area (Å²) in [6, 6.07) is 18.9. The molecule has 0 radical (unpaired) electrons. The zero-order valence-electron chi connectivity index (χ0n) is 10.4. The van der Waals surface area contributed by atoms with E-state index in [2.05, 4.69) is 0 Å². The van der Waals surface area contributed by atoms with Crippen molar-refractivity contribution in [1.29, 1.82) is 0 Å². The Bertz CT molecular complexity index is 551. The second kappa shape index (κ2) is 5.24. The van der Waals surface area contributed by atoms with Crippen LogP contribution in [-0.4, -0.2) is 18.7 Å². The molecule has 0 bridgehead atoms. The molecule has 3 nitrogen and oxygen atoms in total. The number of carbonyl (C=O) groups is 1. The smallest absolute Gasteiger partial charge is 0.338 e. The Labute approximate surface area is 111 Å². The maximum absolute atomic E-state index is 11.7. The van der Waals surface area contributed by atoms with Gasteiger partial charge in [-0.05, 0) is 17.7 Å². The fraction of sp³-hybridized carbons (Fsp3) is 0.188. The first-order valence-corrected chi connectivity index (χ1v) is 6.27. The van der Waals surface area contributed by atoms with Gasteiger partial charge in [0.2, 0.25) is 0 Å². The molecule has 3 heteroatoms. The lowest BCUT2D eigenvalue weighted by Gasteiger charge is -2.02. The predicted molar refractivity (Wildman–Crippen MR) is 70.8 cm³/mol. The molecule has 96 valence electrons. The van der Waals surface area contributed by atoms with Gasteiger partial charge in [0.1, 0.15) is 18.8 Å². The van der Waals surface area contributed by atoms with E-state index in [-0.39, 0.29) is 18.2 Å². The van der Waals surface area contributed by atoms with Crippen molar-refractivity contribution >= 4 is 5.97 Å². The van der Waals surface area contributed by atoms with Crippen LogP contribution in [0.3, 0.4) is 0 Å². The summed E-state index contributed by atoms with van der Waals surface area (Å²) in [4.78, 5) is 11.7. The van der Waals surface area contributed by atoms with Gasteiger partial charge in [-0.3, -0.25) is 0 Å². The minimum Gasteiger partial charge on any atom is -0.459 e. The lowest BCUT2D eigenvalue weighted by molar-refractivity contribution is 0.0476. The molecule has 3 rings (SSSR count). The zero-order chi connectivity index (χ0) is 13.1. The molecule has 0 saturated carbocycles. The van der Waals surface area contributed by atoms with Gasteiger partial charge >= 0.3 is 5.97 Å². The highest BCUT2D eigenvalue weighted by atomic mass is 16.6. The quantitative estimate of drug-likeness (QED) is 0.622. The molecule has 0 spiro atoms. The molecular formula is C16H14O3. The molecule has 1 aliphatic rings. The van der Waals surface area contributed by atoms with Gasteiger partial charge in [-0.25, -0.2) is 4.79 Å². The van der Waals surface area contributed by atoms with E-state index in [0.717, 1.165) is 5.56 Å². The van der Waals surface area contributed by atoms with Crippen LogP contribution in [0, 0.1) is 0 Å². The van der Waals surface area contributed by atoms with E-state index >= 15 is 0 Å². The van der Waals surface area contributed by atoms with Gasteiger partial charge in [-0.1, -0.05) is 48.5 Å². The average molecular weight is 254 g/mol. The first-order valence-electron chi connectivity index (χ1n) is 6.27. The topological polar surface area (TPSA) is 38.8 Å². The van der Waals surface area contributed by atoms with Crippen LogP contribution in [-0.2, 0) is 9.47 Å². The number of esters is 1. The first-order chi connectivity index (χ1) is 9.34. The number of benzene rings is 2. The number of ether oxygens (including phenoxy) is 2. The number of hydrogen-bond donors (Lipinski definition) is 0. The molecule has 1 fully saturated rings. The molecule has 1 heterocycles. The van der Waals surface area contributed by atoms with Gasteiger partial charge in [-0.15, -0.1) is 0 Å². The SMILES string of the molecule is O=C(OCC1OC1c1ccccc1)c1ccccc1. The molecule has 19 heavy (non-hydrogen) atoms. The number of rotatable bonds is 4. The third-order valence-electron chi connectivity index (χ3n) is 3.10. The molecule has 2 atom stereocenters. The monoisotopic (exact) mass is 254 g/mol. The summed E-state index contributed by atoms with van der Waals surface area (Å²) in [5.74, 6) is -0.303. The van der Waals surface area contributed by atoms with Gasteiger partial charge in [-0.2, -0.15) is 0 Å². The van der Waals surface area contributed by atoms with Crippen LogP contribution in [0.1, 0.15) is 22.0 Å². The van der Waals surface area contributed by atoms with Crippen LogP contribution in [0.4, 0.5) is 0 Å². The normalized spacial score (nSPS) is 20.8. The maximum Gasteiger partial charge on any atom is 0.338 e. The molecule has 2 aromatic carbocycles. The van der Waals surface area contributed by atoms with Gasteiger partial charge in [0.25, 0.3) is 0 Å². The van der Waals surface area contributed by atoms with Crippen LogP contribution in [0.25, 0.3) is 0 Å². The third-order valence-corrected chi connectivity index (χ3v) is 3.10. The molecule has 2 aromatic rings. The Morgan fingerprint density at radius 2 is 1.63 bits per heavy atom. The average Bonchev–Trinajstić information content (AvgIpc) is 3.26. The number of hydrogen-bond acceptors (Lipinski definition) is 3. The Balaban J connectivity index is 1.51. The highest BCUT2D eigenvalue weighted by molar-refractivity contribution is 5.89. The van der Waals surface area contributed by atoms with Crippen molar-refractivity contribution in [3.05, 3.63) is 71.8 Å². The van der Waals surface area contributed by atoms with E-state index in [4.69, 9.17) is 9.47 Å². The lowest BCUT2D eigenvalue weighted by Crippen LogP contribution is -2.10. The van der Waals surface area contributed by atoms with Crippen molar-refractivity contribution in [2.24, 2.45) is 0 Å². The van der Waals surface area contributed by atoms with Crippen molar-refractivity contribution in [1.82, 2.24) is 0 Å². The van der Waals surface area contributed by atoms with E-state index in [9.17, 15) is 4.79 Å². The van der Waals surface area contributed by atoms with E-state index in [0.29, 0.717) is 12.2 Å². The lowest BCUT2D eigenvalue weighted by atomic mass is 10.1. The summed E-state index contributed by atoms with van der Waals surface area (Å²) >= 11 is 0. The highest BCUT2D eigenvalue weighted by Crippen LogP contribution is 2.38. The first kappa shape index (κ1) is 11.9. The largest absolute Gasteiger partial charge is 0.459 e. The molecular weight excluding hydrogens is 240 g/mol. The molecule has 0 N–H and O–H groups in total. The molecule has 0 aromatic heterocycles. The van der Waals surface area contributed by atoms with Crippen LogP contribution in [0.2, 0.25) is 0 Å². The van der Waals surface area contributed by atoms with Crippen molar-refractivity contribution in [3.8, 4) is 0 Å². The van der Waals surface area contributed by atoms with Crippen molar-refractivity contribution < 1.29 is 14.3 Å². The van der Waals surface area contributed by atoms with Crippen LogP contribution < -0.4 is 0 Å². The van der Waals surface area contributed by atoms with Crippen LogP contribution >= 0.6 is 0 Å². The van der Waals surface area contributed by atoms with Crippen molar-refractivity contribution in [2.75, 3.05) is 6.61 Å². The van der Waals surface area contributed by atoms with E-state index in [1.165, 1.54) is 0 Å². The third kappa shape index (κ3) is 2.83. The second-order valence-electron chi connectivity index (χ2n) is 4.47. The minimum absolute atomic E-state index is 0.0185. The summed E-state index contributed by atoms with van der Waals surface area (Å²) in [6.45, 7) is 0.299. The molecule has 0 amide bonds. The van der Waals surface area contributed by atoms with Gasteiger partial charge in [0, 0.05) is 0 Å². The summed E-state index contributed by atoms with van der Waals surface area (Å²) in [5.41, 5.74) is 1.70. The zero-order valence-corrected chi connectivity index (χ0v) is 10.4. The Morgan fingerprint density at radius 3 is 2.32 bits per heavy atom. The number of epoxide rings is 1. The van der Waals surface area contributed by atoms with Gasteiger partial charge < -0.3 is 9.47 Å². The number of carbonyl (C=O) groups excluding carboxylic acids is 1. The standard InChI is InChI=1S/C16H14O3/c17-16(13-9-5-2-6-10-13)18-11-14-15(19-14)12-7-3-1-4-8-12/h1-10,14-15H,11H2. The predicted octanol–water partition coefficient (Wildman–Crippen LogP) is 2.98. The Kier molecular flexibility index (Phi) is 3.29. The Hall–Kier alpha value is -2.13. The van der Waals surface area contributed by atoms with E-state index < -0.39 is 0 Å². The summed E-state index contributed by atoms with van der Waals surface area (Å²) in [5, 5.41) is 0. The van der Waals surface area contributed by atoms with Gasteiger partial charge in [0.15, 0.2) is 0 Å².